The van der Waals surface area contributed by atoms with E-state index < -0.39 is 0 Å². The van der Waals surface area contributed by atoms with Crippen LogP contribution in [-0.4, -0.2) is 24.1 Å². The van der Waals surface area contributed by atoms with Crippen LogP contribution in [0.4, 0.5) is 10.5 Å². The summed E-state index contributed by atoms with van der Waals surface area (Å²) >= 11 is 0. The fraction of sp³-hybridized carbons (Fsp3) is 0.400. The number of rotatable bonds is 6. The molecule has 2 aromatic rings. The van der Waals surface area contributed by atoms with Crippen LogP contribution in [0.1, 0.15) is 43.1 Å². The number of pyridine rings is 1. The monoisotopic (exact) mass is 338 g/mol. The SMILES string of the molecule is CCc1ccc(CNC(C)c2ccc(N3CCCNC3=O)cc2)nc1. The number of aryl methyl sites for hydroxylation is 1. The molecular weight excluding hydrogens is 312 g/mol. The molecule has 1 aromatic carbocycles. The predicted octanol–water partition coefficient (Wildman–Crippen LogP) is 3.41. The third-order valence-corrected chi connectivity index (χ3v) is 4.67. The van der Waals surface area contributed by atoms with Gasteiger partial charge in [-0.3, -0.25) is 9.88 Å². The first-order chi connectivity index (χ1) is 12.2. The second-order valence-electron chi connectivity index (χ2n) is 6.44. The minimum absolute atomic E-state index is 0.00762. The standard InChI is InChI=1S/C20H26N4O/c1-3-16-5-8-18(23-13-16)14-22-15(2)17-6-9-19(10-7-17)24-12-4-11-21-20(24)25/h5-10,13,15,22H,3-4,11-12,14H2,1-2H3,(H,21,25). The quantitative estimate of drug-likeness (QED) is 0.848. The van der Waals surface area contributed by atoms with Gasteiger partial charge in [-0.15, -0.1) is 0 Å². The van der Waals surface area contributed by atoms with E-state index in [-0.39, 0.29) is 12.1 Å². The molecule has 0 saturated carbocycles. The van der Waals surface area contributed by atoms with Crippen molar-refractivity contribution < 1.29 is 4.79 Å². The number of carbonyl (C=O) groups is 1. The van der Waals surface area contributed by atoms with Gasteiger partial charge in [-0.2, -0.15) is 0 Å². The van der Waals surface area contributed by atoms with Crippen LogP contribution < -0.4 is 15.5 Å². The molecule has 2 amide bonds. The lowest BCUT2D eigenvalue weighted by Crippen LogP contribution is -2.46. The number of aromatic nitrogens is 1. The molecule has 5 heteroatoms. The van der Waals surface area contributed by atoms with Gasteiger partial charge in [0.25, 0.3) is 0 Å². The van der Waals surface area contributed by atoms with Crippen molar-refractivity contribution in [2.24, 2.45) is 0 Å². The van der Waals surface area contributed by atoms with Gasteiger partial charge in [0.2, 0.25) is 0 Å². The van der Waals surface area contributed by atoms with Crippen LogP contribution in [0.25, 0.3) is 0 Å². The number of amides is 2. The zero-order chi connectivity index (χ0) is 17.6. The van der Waals surface area contributed by atoms with Crippen molar-refractivity contribution in [1.82, 2.24) is 15.6 Å². The highest BCUT2D eigenvalue weighted by Gasteiger charge is 2.19. The number of hydrogen-bond donors (Lipinski definition) is 2. The third kappa shape index (κ3) is 4.37. The van der Waals surface area contributed by atoms with E-state index in [1.165, 1.54) is 11.1 Å². The average Bonchev–Trinajstić information content (AvgIpc) is 2.67. The largest absolute Gasteiger partial charge is 0.338 e. The molecular formula is C20H26N4O. The molecule has 1 unspecified atom stereocenters. The number of carbonyl (C=O) groups excluding carboxylic acids is 1. The topological polar surface area (TPSA) is 57.3 Å². The van der Waals surface area contributed by atoms with E-state index in [0.717, 1.165) is 43.9 Å². The Hall–Kier alpha value is -2.40. The Morgan fingerprint density at radius 2 is 2.04 bits per heavy atom. The summed E-state index contributed by atoms with van der Waals surface area (Å²) in [6.07, 6.45) is 3.94. The number of anilines is 1. The Bertz CT molecular complexity index is 697. The Morgan fingerprint density at radius 3 is 2.68 bits per heavy atom. The lowest BCUT2D eigenvalue weighted by molar-refractivity contribution is 0.243. The normalized spacial score (nSPS) is 15.8. The molecule has 25 heavy (non-hydrogen) atoms. The average molecular weight is 338 g/mol. The Labute approximate surface area is 149 Å². The number of nitrogens with zero attached hydrogens (tertiary/aromatic N) is 2. The van der Waals surface area contributed by atoms with E-state index in [2.05, 4.69) is 53.7 Å². The van der Waals surface area contributed by atoms with Crippen LogP contribution in [0.2, 0.25) is 0 Å². The lowest BCUT2D eigenvalue weighted by atomic mass is 10.1. The minimum Gasteiger partial charge on any atom is -0.338 e. The van der Waals surface area contributed by atoms with Crippen molar-refractivity contribution in [2.75, 3.05) is 18.0 Å². The predicted molar refractivity (Wildman–Crippen MR) is 101 cm³/mol. The maximum atomic E-state index is 11.9. The maximum absolute atomic E-state index is 11.9. The smallest absolute Gasteiger partial charge is 0.321 e. The second-order valence-corrected chi connectivity index (χ2v) is 6.44. The maximum Gasteiger partial charge on any atom is 0.321 e. The van der Waals surface area contributed by atoms with Crippen molar-refractivity contribution in [1.29, 1.82) is 0 Å². The minimum atomic E-state index is -0.00762. The molecule has 0 bridgehead atoms. The summed E-state index contributed by atoms with van der Waals surface area (Å²) < 4.78 is 0. The van der Waals surface area contributed by atoms with Crippen molar-refractivity contribution in [2.45, 2.75) is 39.3 Å². The van der Waals surface area contributed by atoms with E-state index in [0.29, 0.717) is 0 Å². The number of nitrogens with one attached hydrogen (secondary N) is 2. The molecule has 1 aliphatic heterocycles. The Balaban J connectivity index is 1.58. The summed E-state index contributed by atoms with van der Waals surface area (Å²) in [5.41, 5.74) is 4.45. The molecule has 0 aliphatic carbocycles. The molecule has 5 nitrogen and oxygen atoms in total. The Morgan fingerprint density at radius 1 is 1.24 bits per heavy atom. The molecule has 1 saturated heterocycles. The molecule has 2 heterocycles. The van der Waals surface area contributed by atoms with E-state index in [4.69, 9.17) is 0 Å². The van der Waals surface area contributed by atoms with Gasteiger partial charge < -0.3 is 10.6 Å². The van der Waals surface area contributed by atoms with Crippen LogP contribution in [0, 0.1) is 0 Å². The van der Waals surface area contributed by atoms with Gasteiger partial charge in [0.15, 0.2) is 0 Å². The van der Waals surface area contributed by atoms with Gasteiger partial charge in [0, 0.05) is 37.6 Å². The first kappa shape index (κ1) is 17.4. The summed E-state index contributed by atoms with van der Waals surface area (Å²) in [4.78, 5) is 18.2. The first-order valence-electron chi connectivity index (χ1n) is 9.00. The van der Waals surface area contributed by atoms with E-state index in [9.17, 15) is 4.79 Å². The molecule has 3 rings (SSSR count). The van der Waals surface area contributed by atoms with Crippen molar-refractivity contribution in [3.05, 3.63) is 59.4 Å². The summed E-state index contributed by atoms with van der Waals surface area (Å²) in [5, 5.41) is 6.39. The highest BCUT2D eigenvalue weighted by atomic mass is 16.2. The Kier molecular flexibility index (Phi) is 5.66. The summed E-state index contributed by atoms with van der Waals surface area (Å²) in [6.45, 7) is 6.55. The van der Waals surface area contributed by atoms with Gasteiger partial charge in [-0.05, 0) is 49.1 Å². The summed E-state index contributed by atoms with van der Waals surface area (Å²) in [5.74, 6) is 0. The molecule has 1 atom stereocenters. The highest BCUT2D eigenvalue weighted by Crippen LogP contribution is 2.21. The summed E-state index contributed by atoms with van der Waals surface area (Å²) in [6, 6.07) is 12.6. The number of hydrogen-bond acceptors (Lipinski definition) is 3. The second kappa shape index (κ2) is 8.12. The molecule has 0 radical (unpaired) electrons. The molecule has 2 N–H and O–H groups in total. The van der Waals surface area contributed by atoms with Gasteiger partial charge in [0.1, 0.15) is 0 Å². The van der Waals surface area contributed by atoms with Crippen LogP contribution in [0.15, 0.2) is 42.6 Å². The first-order valence-corrected chi connectivity index (χ1v) is 9.00. The molecule has 0 spiro atoms. The van der Waals surface area contributed by atoms with Crippen LogP contribution in [0.5, 0.6) is 0 Å². The van der Waals surface area contributed by atoms with Crippen LogP contribution in [-0.2, 0) is 13.0 Å². The van der Waals surface area contributed by atoms with Gasteiger partial charge in [-0.25, -0.2) is 4.79 Å². The zero-order valence-electron chi connectivity index (χ0n) is 15.0. The fourth-order valence-electron chi connectivity index (χ4n) is 2.96. The number of benzene rings is 1. The van der Waals surface area contributed by atoms with Crippen LogP contribution >= 0.6 is 0 Å². The van der Waals surface area contributed by atoms with E-state index in [1.807, 2.05) is 18.3 Å². The third-order valence-electron chi connectivity index (χ3n) is 4.67. The molecule has 1 aromatic heterocycles. The van der Waals surface area contributed by atoms with Gasteiger partial charge >= 0.3 is 6.03 Å². The van der Waals surface area contributed by atoms with Crippen molar-refractivity contribution in [3.8, 4) is 0 Å². The van der Waals surface area contributed by atoms with E-state index in [1.54, 1.807) is 4.90 Å². The highest BCUT2D eigenvalue weighted by molar-refractivity contribution is 5.92. The van der Waals surface area contributed by atoms with Crippen molar-refractivity contribution in [3.63, 3.8) is 0 Å². The fourth-order valence-corrected chi connectivity index (χ4v) is 2.96. The van der Waals surface area contributed by atoms with Gasteiger partial charge in [-0.1, -0.05) is 25.1 Å². The van der Waals surface area contributed by atoms with Gasteiger partial charge in [0.05, 0.1) is 5.69 Å². The molecule has 1 aliphatic rings. The van der Waals surface area contributed by atoms with E-state index >= 15 is 0 Å². The van der Waals surface area contributed by atoms with Crippen molar-refractivity contribution >= 4 is 11.7 Å². The van der Waals surface area contributed by atoms with Crippen LogP contribution in [0.3, 0.4) is 0 Å². The molecule has 1 fully saturated rings. The summed E-state index contributed by atoms with van der Waals surface area (Å²) in [7, 11) is 0. The lowest BCUT2D eigenvalue weighted by Gasteiger charge is -2.27. The number of urea groups is 1. The molecule has 132 valence electrons. The zero-order valence-corrected chi connectivity index (χ0v) is 15.0.